The van der Waals surface area contributed by atoms with Crippen LogP contribution in [0.25, 0.3) is 0 Å². The van der Waals surface area contributed by atoms with E-state index in [4.69, 9.17) is 0 Å². The molecule has 0 amide bonds. The van der Waals surface area contributed by atoms with Crippen molar-refractivity contribution in [1.29, 1.82) is 0 Å². The molecule has 0 saturated heterocycles. The van der Waals surface area contributed by atoms with Gasteiger partial charge in [0.05, 0.1) is 6.54 Å². The summed E-state index contributed by atoms with van der Waals surface area (Å²) in [6.45, 7) is 5.33. The van der Waals surface area contributed by atoms with E-state index in [-0.39, 0.29) is 6.61 Å². The van der Waals surface area contributed by atoms with Gasteiger partial charge in [-0.25, -0.2) is 4.98 Å². The maximum Gasteiger partial charge on any atom is 0.411 e. The van der Waals surface area contributed by atoms with Crippen LogP contribution in [0.15, 0.2) is 12.4 Å². The molecule has 0 aliphatic heterocycles. The first kappa shape index (κ1) is 17.0. The lowest BCUT2D eigenvalue weighted by atomic mass is 10.2. The fourth-order valence-corrected chi connectivity index (χ4v) is 1.71. The lowest BCUT2D eigenvalue weighted by Crippen LogP contribution is -2.22. The second kappa shape index (κ2) is 8.26. The number of aryl methyl sites for hydroxylation is 1. The van der Waals surface area contributed by atoms with Crippen molar-refractivity contribution in [2.24, 2.45) is 5.92 Å². The van der Waals surface area contributed by atoms with Gasteiger partial charge in [-0.2, -0.15) is 13.2 Å². The number of alkyl halides is 3. The van der Waals surface area contributed by atoms with Gasteiger partial charge in [0.1, 0.15) is 12.4 Å². The third-order valence-electron chi connectivity index (χ3n) is 2.59. The third kappa shape index (κ3) is 7.49. The molecule has 1 heterocycles. The molecule has 0 aliphatic rings. The van der Waals surface area contributed by atoms with E-state index < -0.39 is 12.8 Å². The topological polar surface area (TPSA) is 39.1 Å². The molecule has 4 nitrogen and oxygen atoms in total. The first-order chi connectivity index (χ1) is 9.38. The summed E-state index contributed by atoms with van der Waals surface area (Å²) >= 11 is 0. The van der Waals surface area contributed by atoms with Gasteiger partial charge in [0.25, 0.3) is 0 Å². The Labute approximate surface area is 117 Å². The molecule has 7 heteroatoms. The summed E-state index contributed by atoms with van der Waals surface area (Å²) in [5.74, 6) is 1.45. The van der Waals surface area contributed by atoms with Gasteiger partial charge in [0.15, 0.2) is 0 Å². The summed E-state index contributed by atoms with van der Waals surface area (Å²) in [6.07, 6.45) is -0.191. The van der Waals surface area contributed by atoms with Gasteiger partial charge in [-0.15, -0.1) is 0 Å². The minimum absolute atomic E-state index is 0.0938. The van der Waals surface area contributed by atoms with Crippen molar-refractivity contribution < 1.29 is 17.9 Å². The van der Waals surface area contributed by atoms with Crippen LogP contribution >= 0.6 is 0 Å². The Kier molecular flexibility index (Phi) is 7.01. The molecule has 0 aromatic carbocycles. The summed E-state index contributed by atoms with van der Waals surface area (Å²) in [5.41, 5.74) is 0. The molecule has 0 spiro atoms. The lowest BCUT2D eigenvalue weighted by molar-refractivity contribution is -0.174. The summed E-state index contributed by atoms with van der Waals surface area (Å²) < 4.78 is 42.1. The second-order valence-corrected chi connectivity index (χ2v) is 5.08. The van der Waals surface area contributed by atoms with Crippen molar-refractivity contribution in [1.82, 2.24) is 14.9 Å². The number of halogens is 3. The number of aromatic nitrogens is 2. The summed E-state index contributed by atoms with van der Waals surface area (Å²) in [7, 11) is 0. The monoisotopic (exact) mass is 293 g/mol. The van der Waals surface area contributed by atoms with Gasteiger partial charge < -0.3 is 14.6 Å². The van der Waals surface area contributed by atoms with E-state index in [1.165, 1.54) is 0 Å². The molecular formula is C13H22F3N3O. The van der Waals surface area contributed by atoms with Crippen LogP contribution < -0.4 is 5.32 Å². The highest BCUT2D eigenvalue weighted by Gasteiger charge is 2.27. The Bertz CT molecular complexity index is 377. The molecule has 0 radical (unpaired) electrons. The van der Waals surface area contributed by atoms with Crippen LogP contribution in [0.2, 0.25) is 0 Å². The molecule has 1 aromatic heterocycles. The second-order valence-electron chi connectivity index (χ2n) is 5.08. The van der Waals surface area contributed by atoms with Crippen LogP contribution in [0.1, 0.15) is 26.1 Å². The third-order valence-corrected chi connectivity index (χ3v) is 2.59. The molecule has 1 aromatic rings. The fourth-order valence-electron chi connectivity index (χ4n) is 1.71. The van der Waals surface area contributed by atoms with Gasteiger partial charge in [-0.3, -0.25) is 0 Å². The van der Waals surface area contributed by atoms with Crippen molar-refractivity contribution in [3.63, 3.8) is 0 Å². The van der Waals surface area contributed by atoms with Crippen LogP contribution in [0.5, 0.6) is 0 Å². The predicted octanol–water partition coefficient (Wildman–Crippen LogP) is 2.60. The molecule has 0 aliphatic carbocycles. The molecule has 0 saturated carbocycles. The van der Waals surface area contributed by atoms with Crippen molar-refractivity contribution in [3.8, 4) is 0 Å². The van der Waals surface area contributed by atoms with Crippen LogP contribution in [0.4, 0.5) is 13.2 Å². The normalized spacial score (nSPS) is 12.3. The number of nitrogens with one attached hydrogen (secondary N) is 1. The van der Waals surface area contributed by atoms with Crippen molar-refractivity contribution in [2.45, 2.75) is 39.5 Å². The largest absolute Gasteiger partial charge is 0.411 e. The molecule has 0 fully saturated rings. The number of hydrogen-bond acceptors (Lipinski definition) is 3. The maximum atomic E-state index is 11.9. The number of hydrogen-bond donors (Lipinski definition) is 1. The standard InChI is InChI=1S/C13H22F3N3O/c1-11(2)8-17-9-12-18-4-6-19(12)5-3-7-20-10-13(14,15)16/h4,6,11,17H,3,5,7-10H2,1-2H3. The minimum atomic E-state index is -4.25. The van der Waals surface area contributed by atoms with Crippen LogP contribution in [-0.4, -0.2) is 35.5 Å². The predicted molar refractivity (Wildman–Crippen MR) is 70.3 cm³/mol. The maximum absolute atomic E-state index is 11.9. The molecule has 0 atom stereocenters. The van der Waals surface area contributed by atoms with Crippen molar-refractivity contribution in [3.05, 3.63) is 18.2 Å². The molecule has 116 valence electrons. The quantitative estimate of drug-likeness (QED) is 0.711. The first-order valence-electron chi connectivity index (χ1n) is 6.73. The number of imidazole rings is 1. The van der Waals surface area contributed by atoms with E-state index >= 15 is 0 Å². The summed E-state index contributed by atoms with van der Waals surface area (Å²) in [5, 5.41) is 3.29. The molecule has 20 heavy (non-hydrogen) atoms. The SMILES string of the molecule is CC(C)CNCc1nccn1CCCOCC(F)(F)F. The van der Waals surface area contributed by atoms with E-state index in [1.807, 2.05) is 10.8 Å². The van der Waals surface area contributed by atoms with Crippen LogP contribution in [-0.2, 0) is 17.8 Å². The molecule has 0 bridgehead atoms. The van der Waals surface area contributed by atoms with Crippen molar-refractivity contribution in [2.75, 3.05) is 19.8 Å². The van der Waals surface area contributed by atoms with E-state index in [0.717, 1.165) is 12.4 Å². The Morgan fingerprint density at radius 2 is 2.15 bits per heavy atom. The van der Waals surface area contributed by atoms with E-state index in [9.17, 15) is 13.2 Å². The lowest BCUT2D eigenvalue weighted by Gasteiger charge is -2.11. The van der Waals surface area contributed by atoms with Crippen LogP contribution in [0.3, 0.4) is 0 Å². The van der Waals surface area contributed by atoms with Gasteiger partial charge in [-0.05, 0) is 18.9 Å². The number of rotatable bonds is 9. The highest BCUT2D eigenvalue weighted by molar-refractivity contribution is 4.91. The minimum Gasteiger partial charge on any atom is -0.372 e. The Morgan fingerprint density at radius 3 is 2.80 bits per heavy atom. The highest BCUT2D eigenvalue weighted by atomic mass is 19.4. The van der Waals surface area contributed by atoms with E-state index in [2.05, 4.69) is 28.9 Å². The van der Waals surface area contributed by atoms with Crippen LogP contribution in [0, 0.1) is 5.92 Å². The smallest absolute Gasteiger partial charge is 0.372 e. The van der Waals surface area contributed by atoms with E-state index in [0.29, 0.717) is 25.4 Å². The summed E-state index contributed by atoms with van der Waals surface area (Å²) in [4.78, 5) is 4.23. The first-order valence-corrected chi connectivity index (χ1v) is 6.73. The summed E-state index contributed by atoms with van der Waals surface area (Å²) in [6, 6.07) is 0. The molecule has 0 unspecified atom stereocenters. The van der Waals surface area contributed by atoms with Gasteiger partial charge in [-0.1, -0.05) is 13.8 Å². The highest BCUT2D eigenvalue weighted by Crippen LogP contribution is 2.14. The zero-order valence-corrected chi connectivity index (χ0v) is 11.9. The van der Waals surface area contributed by atoms with Crippen molar-refractivity contribution >= 4 is 0 Å². The van der Waals surface area contributed by atoms with Gasteiger partial charge in [0.2, 0.25) is 0 Å². The number of nitrogens with zero attached hydrogens (tertiary/aromatic N) is 2. The molecular weight excluding hydrogens is 271 g/mol. The Hall–Kier alpha value is -1.08. The van der Waals surface area contributed by atoms with Gasteiger partial charge in [0, 0.05) is 25.5 Å². The molecule has 1 N–H and O–H groups in total. The Morgan fingerprint density at radius 1 is 1.40 bits per heavy atom. The number of ether oxygens (including phenoxy) is 1. The van der Waals surface area contributed by atoms with E-state index in [1.54, 1.807) is 6.20 Å². The molecule has 1 rings (SSSR count). The zero-order chi connectivity index (χ0) is 15.0. The fraction of sp³-hybridized carbons (Fsp3) is 0.769. The Balaban J connectivity index is 2.22. The average molecular weight is 293 g/mol. The van der Waals surface area contributed by atoms with Gasteiger partial charge >= 0.3 is 6.18 Å². The average Bonchev–Trinajstić information content (AvgIpc) is 2.74. The zero-order valence-electron chi connectivity index (χ0n) is 11.9.